The van der Waals surface area contributed by atoms with Crippen LogP contribution < -0.4 is 16.4 Å². The fraction of sp³-hybridized carbons (Fsp3) is 0.581. The molecule has 0 saturated carbocycles. The molecule has 2 aliphatic rings. The lowest BCUT2D eigenvalue weighted by Gasteiger charge is -2.36. The Balaban J connectivity index is 0.000000180. The Labute approximate surface area is 250 Å². The predicted molar refractivity (Wildman–Crippen MR) is 165 cm³/mol. The molecule has 4 aromatic rings. The van der Waals surface area contributed by atoms with E-state index in [2.05, 4.69) is 25.5 Å². The Morgan fingerprint density at radius 3 is 1.95 bits per heavy atom. The van der Waals surface area contributed by atoms with Gasteiger partial charge in [0, 0.05) is 47.2 Å². The normalized spacial score (nSPS) is 19.4. The standard InChI is InChI=1S/C18H26N4O3.C13H18N4O/c1-11-12(2)19-15-10-13(20-22(15)16(11)23)14-8-6-7-9-21(14)17(24)25-18(3,4)5;1-8-9(2)15-12-7-11(16-17(12)13(8)18)10-5-3-4-6-14-10/h10,14,20H,6-9H2,1-5H3;7,10,14,16H,3-6H2,1-2H3/t14-;10-/m00/s1. The molecule has 1 amide bonds. The van der Waals surface area contributed by atoms with Crippen molar-refractivity contribution in [3.05, 3.63) is 66.7 Å². The van der Waals surface area contributed by atoms with Gasteiger partial charge in [-0.1, -0.05) is 6.42 Å². The molecule has 2 fully saturated rings. The van der Waals surface area contributed by atoms with E-state index < -0.39 is 5.60 Å². The van der Waals surface area contributed by atoms with Crippen LogP contribution in [0.15, 0.2) is 21.7 Å². The average Bonchev–Trinajstić information content (AvgIpc) is 3.60. The van der Waals surface area contributed by atoms with Gasteiger partial charge in [-0.2, -0.15) is 0 Å². The van der Waals surface area contributed by atoms with Gasteiger partial charge in [-0.15, -0.1) is 0 Å². The van der Waals surface area contributed by atoms with E-state index in [1.165, 1.54) is 17.4 Å². The van der Waals surface area contributed by atoms with Gasteiger partial charge in [0.25, 0.3) is 11.1 Å². The highest BCUT2D eigenvalue weighted by atomic mass is 16.6. The maximum atomic E-state index is 12.6. The first-order chi connectivity index (χ1) is 20.3. The lowest BCUT2D eigenvalue weighted by atomic mass is 10.00. The lowest BCUT2D eigenvalue weighted by Crippen LogP contribution is -2.42. The van der Waals surface area contributed by atoms with Gasteiger partial charge in [0.05, 0.1) is 17.4 Å². The molecule has 0 radical (unpaired) electrons. The van der Waals surface area contributed by atoms with Crippen LogP contribution in [0.3, 0.4) is 0 Å². The first kappa shape index (κ1) is 30.5. The van der Waals surface area contributed by atoms with Crippen molar-refractivity contribution in [1.29, 1.82) is 0 Å². The number of likely N-dealkylation sites (tertiary alicyclic amines) is 1. The van der Waals surface area contributed by atoms with Gasteiger partial charge in [-0.05, 0) is 87.1 Å². The highest BCUT2D eigenvalue weighted by molar-refractivity contribution is 5.69. The van der Waals surface area contributed by atoms with Crippen LogP contribution in [0.2, 0.25) is 0 Å². The Morgan fingerprint density at radius 1 is 0.837 bits per heavy atom. The Morgan fingerprint density at radius 2 is 1.40 bits per heavy atom. The fourth-order valence-corrected chi connectivity index (χ4v) is 5.74. The minimum Gasteiger partial charge on any atom is -0.444 e. The molecule has 3 N–H and O–H groups in total. The highest BCUT2D eigenvalue weighted by Gasteiger charge is 2.32. The molecular formula is C31H44N8O4. The Hall–Kier alpha value is -3.93. The molecule has 0 bridgehead atoms. The van der Waals surface area contributed by atoms with Gasteiger partial charge < -0.3 is 10.1 Å². The molecular weight excluding hydrogens is 548 g/mol. The van der Waals surface area contributed by atoms with E-state index in [1.54, 1.807) is 16.3 Å². The van der Waals surface area contributed by atoms with E-state index in [4.69, 9.17) is 4.74 Å². The molecule has 6 heterocycles. The van der Waals surface area contributed by atoms with Gasteiger partial charge in [-0.25, -0.2) is 23.8 Å². The third-order valence-electron chi connectivity index (χ3n) is 8.38. The summed E-state index contributed by atoms with van der Waals surface area (Å²) in [6, 6.07) is 4.03. The summed E-state index contributed by atoms with van der Waals surface area (Å²) in [6.45, 7) is 14.6. The number of piperidine rings is 2. The van der Waals surface area contributed by atoms with Crippen LogP contribution in [0.25, 0.3) is 11.3 Å². The van der Waals surface area contributed by atoms with Crippen LogP contribution >= 0.6 is 0 Å². The van der Waals surface area contributed by atoms with Crippen molar-refractivity contribution in [3.8, 4) is 0 Å². The second-order valence-corrected chi connectivity index (χ2v) is 12.8. The number of aryl methyl sites for hydroxylation is 2. The van der Waals surface area contributed by atoms with Crippen LogP contribution in [-0.4, -0.2) is 58.9 Å². The van der Waals surface area contributed by atoms with Crippen molar-refractivity contribution in [2.24, 2.45) is 0 Å². The summed E-state index contributed by atoms with van der Waals surface area (Å²) in [5, 5.41) is 9.79. The van der Waals surface area contributed by atoms with Crippen LogP contribution in [0.1, 0.15) is 105 Å². The molecule has 12 heteroatoms. The number of nitrogens with one attached hydrogen (secondary N) is 3. The van der Waals surface area contributed by atoms with Crippen molar-refractivity contribution < 1.29 is 9.53 Å². The topological polar surface area (TPSA) is 142 Å². The van der Waals surface area contributed by atoms with E-state index in [0.29, 0.717) is 35.0 Å². The van der Waals surface area contributed by atoms with Gasteiger partial charge in [0.2, 0.25) is 0 Å². The monoisotopic (exact) mass is 592 g/mol. The molecule has 0 spiro atoms. The number of aromatic nitrogens is 6. The summed E-state index contributed by atoms with van der Waals surface area (Å²) in [5.41, 5.74) is 5.40. The average molecular weight is 593 g/mol. The number of hydrogen-bond donors (Lipinski definition) is 3. The molecule has 2 atom stereocenters. The van der Waals surface area contributed by atoms with Gasteiger partial charge in [-0.3, -0.25) is 24.7 Å². The van der Waals surface area contributed by atoms with E-state index in [-0.39, 0.29) is 23.3 Å². The largest absolute Gasteiger partial charge is 0.444 e. The molecule has 232 valence electrons. The molecule has 2 saturated heterocycles. The fourth-order valence-electron chi connectivity index (χ4n) is 5.74. The number of ether oxygens (including phenoxy) is 1. The van der Waals surface area contributed by atoms with Crippen molar-refractivity contribution in [2.75, 3.05) is 13.1 Å². The number of nitrogens with zero attached hydrogens (tertiary/aromatic N) is 5. The number of carbonyl (C=O) groups is 1. The second-order valence-electron chi connectivity index (χ2n) is 12.8. The number of hydrogen-bond acceptors (Lipinski definition) is 7. The van der Waals surface area contributed by atoms with Gasteiger partial charge in [0.1, 0.15) is 5.60 Å². The summed E-state index contributed by atoms with van der Waals surface area (Å²) in [7, 11) is 0. The van der Waals surface area contributed by atoms with Crippen LogP contribution in [0, 0.1) is 27.7 Å². The number of fused-ring (bicyclic) bond motifs is 2. The van der Waals surface area contributed by atoms with Crippen LogP contribution in [0.5, 0.6) is 0 Å². The van der Waals surface area contributed by atoms with E-state index in [9.17, 15) is 14.4 Å². The third-order valence-corrected chi connectivity index (χ3v) is 8.38. The van der Waals surface area contributed by atoms with Gasteiger partial charge in [0.15, 0.2) is 11.3 Å². The van der Waals surface area contributed by atoms with Gasteiger partial charge >= 0.3 is 6.09 Å². The second kappa shape index (κ2) is 12.0. The van der Waals surface area contributed by atoms with Crippen molar-refractivity contribution >= 4 is 17.4 Å². The SMILES string of the molecule is Cc1nc2cc([C@@H]3CCCCN3)[nH]n2c(=O)c1C.Cc1nc2cc([C@@H]3CCCCN3C(=O)OC(C)(C)C)[nH]n2c(=O)c1C. The zero-order valence-corrected chi connectivity index (χ0v) is 26.3. The van der Waals surface area contributed by atoms with Crippen LogP contribution in [-0.2, 0) is 4.74 Å². The molecule has 6 rings (SSSR count). The van der Waals surface area contributed by atoms with E-state index >= 15 is 0 Å². The number of H-pyrrole nitrogens is 2. The minimum atomic E-state index is -0.535. The highest BCUT2D eigenvalue weighted by Crippen LogP contribution is 2.32. The summed E-state index contributed by atoms with van der Waals surface area (Å²) in [5.74, 6) is 0. The summed E-state index contributed by atoms with van der Waals surface area (Å²) >= 11 is 0. The number of amides is 1. The number of aromatic amines is 2. The quantitative estimate of drug-likeness (QED) is 0.310. The summed E-state index contributed by atoms with van der Waals surface area (Å²) < 4.78 is 8.56. The molecule has 0 aliphatic carbocycles. The Bertz CT molecular complexity index is 1750. The number of carbonyl (C=O) groups excluding carboxylic acids is 1. The zero-order chi connectivity index (χ0) is 31.1. The third kappa shape index (κ3) is 6.39. The van der Waals surface area contributed by atoms with Crippen LogP contribution in [0.4, 0.5) is 4.79 Å². The predicted octanol–water partition coefficient (Wildman–Crippen LogP) is 4.56. The molecule has 12 nitrogen and oxygen atoms in total. The zero-order valence-electron chi connectivity index (χ0n) is 26.3. The van der Waals surface area contributed by atoms with E-state index in [0.717, 1.165) is 55.0 Å². The Kier molecular flexibility index (Phi) is 8.51. The molecule has 2 aliphatic heterocycles. The molecule has 4 aromatic heterocycles. The molecule has 0 unspecified atom stereocenters. The number of rotatable bonds is 2. The smallest absolute Gasteiger partial charge is 0.410 e. The maximum Gasteiger partial charge on any atom is 0.410 e. The summed E-state index contributed by atoms with van der Waals surface area (Å²) in [6.07, 6.45) is 6.06. The minimum absolute atomic E-state index is 0.000408. The van der Waals surface area contributed by atoms with E-state index in [1.807, 2.05) is 53.7 Å². The molecule has 0 aromatic carbocycles. The summed E-state index contributed by atoms with van der Waals surface area (Å²) in [4.78, 5) is 47.8. The maximum absolute atomic E-state index is 12.6. The van der Waals surface area contributed by atoms with Crippen molar-refractivity contribution in [3.63, 3.8) is 0 Å². The van der Waals surface area contributed by atoms with Crippen molar-refractivity contribution in [1.82, 2.24) is 39.4 Å². The first-order valence-corrected chi connectivity index (χ1v) is 15.2. The molecule has 43 heavy (non-hydrogen) atoms. The van der Waals surface area contributed by atoms with Crippen molar-refractivity contribution in [2.45, 2.75) is 105 Å². The first-order valence-electron chi connectivity index (χ1n) is 15.2. The lowest BCUT2D eigenvalue weighted by molar-refractivity contribution is 0.00897.